The Bertz CT molecular complexity index is 1610. The lowest BCUT2D eigenvalue weighted by atomic mass is 10.1. The van der Waals surface area contributed by atoms with Gasteiger partial charge in [-0.3, -0.25) is 9.59 Å². The van der Waals surface area contributed by atoms with E-state index in [1.54, 1.807) is 48.5 Å². The Kier molecular flexibility index (Phi) is 8.93. The number of nitrogens with one attached hydrogen (secondary N) is 3. The third-order valence-electron chi connectivity index (χ3n) is 6.03. The molecule has 1 atom stereocenters. The number of amides is 3. The lowest BCUT2D eigenvalue weighted by Gasteiger charge is -2.19. The Hall–Kier alpha value is -4.96. The van der Waals surface area contributed by atoms with E-state index in [1.807, 2.05) is 30.3 Å². The third kappa shape index (κ3) is 7.12. The molecule has 4 aromatic carbocycles. The van der Waals surface area contributed by atoms with Crippen molar-refractivity contribution in [3.05, 3.63) is 126 Å². The number of carboxylic acid groups (broad SMARTS) is 1. The minimum atomic E-state index is -4.22. The number of benzene rings is 4. The van der Waals surface area contributed by atoms with E-state index in [9.17, 15) is 27.9 Å². The minimum absolute atomic E-state index is 0.0118. The third-order valence-corrected chi connectivity index (χ3v) is 8.18. The molecular formula is C30H27N3O6S. The van der Waals surface area contributed by atoms with Crippen LogP contribution in [-0.2, 0) is 21.2 Å². The summed E-state index contributed by atoms with van der Waals surface area (Å²) in [5, 5.41) is 16.1. The Balaban J connectivity index is 1.52. The second-order valence-corrected chi connectivity index (χ2v) is 11.0. The number of sulfone groups is 1. The summed E-state index contributed by atoms with van der Waals surface area (Å²) in [5.41, 5.74) is 1.81. The molecule has 9 nitrogen and oxygen atoms in total. The van der Waals surface area contributed by atoms with Crippen molar-refractivity contribution < 1.29 is 27.9 Å². The van der Waals surface area contributed by atoms with Crippen LogP contribution in [-0.4, -0.2) is 31.4 Å². The molecule has 0 aromatic heterocycles. The minimum Gasteiger partial charge on any atom is -0.481 e. The lowest BCUT2D eigenvalue weighted by molar-refractivity contribution is -0.137. The van der Waals surface area contributed by atoms with Gasteiger partial charge in [-0.25, -0.2) is 13.2 Å². The van der Waals surface area contributed by atoms with Crippen LogP contribution in [0.5, 0.6) is 0 Å². The van der Waals surface area contributed by atoms with E-state index in [0.717, 1.165) is 5.56 Å². The number of carbonyl (C=O) groups excluding carboxylic acids is 2. The van der Waals surface area contributed by atoms with Crippen molar-refractivity contribution in [3.8, 4) is 0 Å². The molecule has 0 heterocycles. The van der Waals surface area contributed by atoms with Crippen molar-refractivity contribution in [2.45, 2.75) is 23.1 Å². The number of urea groups is 1. The van der Waals surface area contributed by atoms with Gasteiger partial charge in [-0.05, 0) is 41.5 Å². The number of carbonyl (C=O) groups is 3. The van der Waals surface area contributed by atoms with E-state index in [1.165, 1.54) is 30.3 Å². The molecule has 0 aliphatic carbocycles. The van der Waals surface area contributed by atoms with Gasteiger partial charge >= 0.3 is 12.0 Å². The summed E-state index contributed by atoms with van der Waals surface area (Å²) in [7, 11) is -4.22. The summed E-state index contributed by atoms with van der Waals surface area (Å²) in [4.78, 5) is 36.8. The predicted octanol–water partition coefficient (Wildman–Crippen LogP) is 5.25. The molecule has 0 spiro atoms. The van der Waals surface area contributed by atoms with E-state index in [0.29, 0.717) is 17.8 Å². The first kappa shape index (κ1) is 28.1. The molecule has 1 unspecified atom stereocenters. The van der Waals surface area contributed by atoms with Gasteiger partial charge in [-0.1, -0.05) is 78.9 Å². The number of hydrogen-bond donors (Lipinski definition) is 4. The molecule has 4 N–H and O–H groups in total. The normalized spacial score (nSPS) is 11.7. The topological polar surface area (TPSA) is 142 Å². The number of para-hydroxylation sites is 1. The van der Waals surface area contributed by atoms with Gasteiger partial charge in [0.25, 0.3) is 5.91 Å². The molecule has 0 fully saturated rings. The van der Waals surface area contributed by atoms with E-state index in [2.05, 4.69) is 16.0 Å². The zero-order valence-corrected chi connectivity index (χ0v) is 22.1. The quantitative estimate of drug-likeness (QED) is 0.210. The molecule has 0 aliphatic heterocycles. The summed E-state index contributed by atoms with van der Waals surface area (Å²) >= 11 is 0. The van der Waals surface area contributed by atoms with E-state index >= 15 is 0 Å². The number of hydrogen-bond acceptors (Lipinski definition) is 5. The molecule has 40 heavy (non-hydrogen) atoms. The molecule has 4 aromatic rings. The van der Waals surface area contributed by atoms with Crippen molar-refractivity contribution in [3.63, 3.8) is 0 Å². The Labute approximate surface area is 231 Å². The monoisotopic (exact) mass is 557 g/mol. The second kappa shape index (κ2) is 12.7. The molecule has 0 aliphatic rings. The summed E-state index contributed by atoms with van der Waals surface area (Å²) < 4.78 is 27.4. The van der Waals surface area contributed by atoms with Crippen molar-refractivity contribution in [1.29, 1.82) is 0 Å². The first-order valence-corrected chi connectivity index (χ1v) is 13.9. The Morgan fingerprint density at radius 3 is 2.10 bits per heavy atom. The highest BCUT2D eigenvalue weighted by Gasteiger charge is 2.33. The van der Waals surface area contributed by atoms with E-state index in [4.69, 9.17) is 0 Å². The summed E-state index contributed by atoms with van der Waals surface area (Å²) in [6.07, 6.45) is -0.644. The standard InChI is InChI=1S/C30H27N3O6S/c34-28(35)19-27(22-12-5-2-6-13-22)40(38,39)26-17-8-7-16-25(26)33-29(36)23-14-9-15-24(18-23)32-30(37)31-20-21-10-3-1-4-11-21/h1-18,27H,19-20H2,(H,33,36)(H,34,35)(H2,31,32,37). The Morgan fingerprint density at radius 2 is 1.40 bits per heavy atom. The molecule has 0 bridgehead atoms. The average Bonchev–Trinajstić information content (AvgIpc) is 2.96. The Morgan fingerprint density at radius 1 is 0.750 bits per heavy atom. The number of rotatable bonds is 10. The molecule has 0 saturated heterocycles. The van der Waals surface area contributed by atoms with Crippen molar-refractivity contribution >= 4 is 39.1 Å². The fourth-order valence-corrected chi connectivity index (χ4v) is 5.97. The second-order valence-electron chi connectivity index (χ2n) is 8.87. The van der Waals surface area contributed by atoms with Gasteiger partial charge in [-0.15, -0.1) is 0 Å². The maximum Gasteiger partial charge on any atom is 0.319 e. The molecular weight excluding hydrogens is 530 g/mol. The van der Waals surface area contributed by atoms with Crippen LogP contribution in [0.25, 0.3) is 0 Å². The zero-order valence-electron chi connectivity index (χ0n) is 21.3. The van der Waals surface area contributed by atoms with Crippen molar-refractivity contribution in [2.75, 3.05) is 10.6 Å². The SMILES string of the molecule is O=C(O)CC(c1ccccc1)S(=O)(=O)c1ccccc1NC(=O)c1cccc(NC(=O)NCc2ccccc2)c1. The van der Waals surface area contributed by atoms with Crippen LogP contribution in [0.1, 0.15) is 33.2 Å². The average molecular weight is 558 g/mol. The van der Waals surface area contributed by atoms with Gasteiger partial charge < -0.3 is 21.1 Å². The smallest absolute Gasteiger partial charge is 0.319 e. The summed E-state index contributed by atoms with van der Waals surface area (Å²) in [6.45, 7) is 0.323. The first-order valence-electron chi connectivity index (χ1n) is 12.3. The van der Waals surface area contributed by atoms with Gasteiger partial charge in [0.15, 0.2) is 9.84 Å². The van der Waals surface area contributed by atoms with Gasteiger partial charge in [0.2, 0.25) is 0 Å². The maximum absolute atomic E-state index is 13.7. The fraction of sp³-hybridized carbons (Fsp3) is 0.100. The predicted molar refractivity (Wildman–Crippen MR) is 152 cm³/mol. The van der Waals surface area contributed by atoms with Crippen LogP contribution < -0.4 is 16.0 Å². The van der Waals surface area contributed by atoms with E-state index < -0.39 is 39.4 Å². The highest BCUT2D eigenvalue weighted by atomic mass is 32.2. The molecule has 10 heteroatoms. The van der Waals surface area contributed by atoms with Gasteiger partial charge in [0.05, 0.1) is 17.0 Å². The first-order chi connectivity index (χ1) is 19.2. The van der Waals surface area contributed by atoms with Crippen molar-refractivity contribution in [1.82, 2.24) is 5.32 Å². The largest absolute Gasteiger partial charge is 0.481 e. The van der Waals surface area contributed by atoms with Crippen LogP contribution in [0, 0.1) is 0 Å². The fourth-order valence-electron chi connectivity index (χ4n) is 4.09. The zero-order chi connectivity index (χ0) is 28.5. The van der Waals surface area contributed by atoms with Crippen LogP contribution in [0.2, 0.25) is 0 Å². The summed E-state index contributed by atoms with van der Waals surface area (Å²) in [5.74, 6) is -1.87. The van der Waals surface area contributed by atoms with Crippen LogP contribution in [0.4, 0.5) is 16.2 Å². The summed E-state index contributed by atoms with van der Waals surface area (Å²) in [6, 6.07) is 29.1. The van der Waals surface area contributed by atoms with E-state index in [-0.39, 0.29) is 16.1 Å². The number of anilines is 2. The molecule has 0 saturated carbocycles. The van der Waals surface area contributed by atoms with Crippen LogP contribution in [0.3, 0.4) is 0 Å². The highest BCUT2D eigenvalue weighted by Crippen LogP contribution is 2.35. The van der Waals surface area contributed by atoms with Gasteiger partial charge in [-0.2, -0.15) is 0 Å². The maximum atomic E-state index is 13.7. The van der Waals surface area contributed by atoms with Crippen molar-refractivity contribution in [2.24, 2.45) is 0 Å². The lowest BCUT2D eigenvalue weighted by Crippen LogP contribution is -2.28. The van der Waals surface area contributed by atoms with Crippen LogP contribution >= 0.6 is 0 Å². The highest BCUT2D eigenvalue weighted by molar-refractivity contribution is 7.91. The van der Waals surface area contributed by atoms with Crippen LogP contribution in [0.15, 0.2) is 114 Å². The molecule has 3 amide bonds. The molecule has 204 valence electrons. The number of aliphatic carboxylic acids is 1. The van der Waals surface area contributed by atoms with Gasteiger partial charge in [0, 0.05) is 17.8 Å². The molecule has 4 rings (SSSR count). The number of carboxylic acids is 1. The van der Waals surface area contributed by atoms with Gasteiger partial charge in [0.1, 0.15) is 5.25 Å². The molecule has 0 radical (unpaired) electrons.